The van der Waals surface area contributed by atoms with E-state index in [1.807, 2.05) is 16.3 Å². The van der Waals surface area contributed by atoms with Gasteiger partial charge in [0.25, 0.3) is 0 Å². The molecule has 2 N–H and O–H groups in total. The molecule has 0 amide bonds. The number of imidazole rings is 1. The second kappa shape index (κ2) is 7.30. The van der Waals surface area contributed by atoms with Gasteiger partial charge < -0.3 is 15.0 Å². The number of nitrogens with zero attached hydrogens (tertiary/aromatic N) is 4. The predicted molar refractivity (Wildman–Crippen MR) is 78.2 cm³/mol. The number of ether oxygens (including phenoxy) is 1. The van der Waals surface area contributed by atoms with Crippen LogP contribution in [0.3, 0.4) is 0 Å². The van der Waals surface area contributed by atoms with E-state index < -0.39 is 0 Å². The van der Waals surface area contributed by atoms with Crippen molar-refractivity contribution in [2.24, 2.45) is 0 Å². The Morgan fingerprint density at radius 3 is 2.95 bits per heavy atom. The maximum atomic E-state index is 5.75. The van der Waals surface area contributed by atoms with E-state index in [4.69, 9.17) is 10.5 Å². The average molecular weight is 281 g/mol. The van der Waals surface area contributed by atoms with Crippen LogP contribution in [0.15, 0.2) is 12.7 Å². The molecule has 2 heterocycles. The lowest BCUT2D eigenvalue weighted by Crippen LogP contribution is -2.00. The molecule has 19 heavy (non-hydrogen) atoms. The first-order valence-corrected chi connectivity index (χ1v) is 7.46. The zero-order chi connectivity index (χ0) is 13.5. The normalized spacial score (nSPS) is 11.2. The van der Waals surface area contributed by atoms with Crippen molar-refractivity contribution in [3.05, 3.63) is 12.7 Å². The summed E-state index contributed by atoms with van der Waals surface area (Å²) in [6.45, 7) is 1.75. The van der Waals surface area contributed by atoms with Crippen molar-refractivity contribution in [3.8, 4) is 0 Å². The number of methoxy groups -OCH3 is 1. The van der Waals surface area contributed by atoms with Crippen molar-refractivity contribution in [1.29, 1.82) is 0 Å². The summed E-state index contributed by atoms with van der Waals surface area (Å²) in [5.74, 6) is 2.72. The summed E-state index contributed by atoms with van der Waals surface area (Å²) in [6.07, 6.45) is 5.46. The van der Waals surface area contributed by atoms with Gasteiger partial charge >= 0.3 is 0 Å². The fraction of sp³-hybridized carbons (Fsp3) is 0.583. The molecule has 0 atom stereocenters. The third kappa shape index (κ3) is 3.81. The molecule has 0 fully saturated rings. The molecule has 104 valence electrons. The van der Waals surface area contributed by atoms with E-state index in [1.165, 1.54) is 6.33 Å². The summed E-state index contributed by atoms with van der Waals surface area (Å²) in [6, 6.07) is 0. The highest BCUT2D eigenvalue weighted by Gasteiger charge is 2.06. The fourth-order valence-corrected chi connectivity index (χ4v) is 2.67. The van der Waals surface area contributed by atoms with Gasteiger partial charge in [0.2, 0.25) is 0 Å². The van der Waals surface area contributed by atoms with Gasteiger partial charge in [-0.2, -0.15) is 11.8 Å². The van der Waals surface area contributed by atoms with Gasteiger partial charge in [0, 0.05) is 20.3 Å². The van der Waals surface area contributed by atoms with Crippen LogP contribution in [0.5, 0.6) is 0 Å². The van der Waals surface area contributed by atoms with E-state index in [0.29, 0.717) is 11.3 Å². The Bertz CT molecular complexity index is 516. The Morgan fingerprint density at radius 1 is 1.26 bits per heavy atom. The van der Waals surface area contributed by atoms with Crippen molar-refractivity contribution < 1.29 is 4.74 Å². The van der Waals surface area contributed by atoms with Crippen LogP contribution in [-0.2, 0) is 11.3 Å². The molecule has 2 rings (SSSR count). The van der Waals surface area contributed by atoms with E-state index in [2.05, 4.69) is 15.0 Å². The number of nitrogens with two attached hydrogens (primary N) is 1. The van der Waals surface area contributed by atoms with Crippen LogP contribution in [0.4, 0.5) is 5.82 Å². The van der Waals surface area contributed by atoms with Gasteiger partial charge in [-0.1, -0.05) is 0 Å². The minimum absolute atomic E-state index is 0.442. The highest BCUT2D eigenvalue weighted by atomic mass is 32.2. The number of hydrogen-bond acceptors (Lipinski definition) is 6. The van der Waals surface area contributed by atoms with Crippen molar-refractivity contribution >= 4 is 28.7 Å². The standard InChI is InChI=1S/C12H19N5OS/c1-18-5-3-7-19-6-2-4-17-9-16-10-11(13)14-8-15-12(10)17/h8-9H,2-7H2,1H3,(H2,13,14,15). The van der Waals surface area contributed by atoms with Crippen LogP contribution in [0.25, 0.3) is 11.2 Å². The van der Waals surface area contributed by atoms with Crippen LogP contribution >= 0.6 is 11.8 Å². The molecular formula is C12H19N5OS. The number of aryl methyl sites for hydroxylation is 1. The van der Waals surface area contributed by atoms with Crippen LogP contribution in [0.1, 0.15) is 12.8 Å². The summed E-state index contributed by atoms with van der Waals surface area (Å²) < 4.78 is 7.05. The Balaban J connectivity index is 1.77. The lowest BCUT2D eigenvalue weighted by atomic mass is 10.4. The van der Waals surface area contributed by atoms with Gasteiger partial charge in [-0.3, -0.25) is 0 Å². The molecule has 0 aromatic carbocycles. The minimum atomic E-state index is 0.442. The van der Waals surface area contributed by atoms with E-state index in [0.717, 1.165) is 43.1 Å². The monoisotopic (exact) mass is 281 g/mol. The number of thioether (sulfide) groups is 1. The zero-order valence-electron chi connectivity index (χ0n) is 11.1. The van der Waals surface area contributed by atoms with E-state index in [-0.39, 0.29) is 0 Å². The summed E-state index contributed by atoms with van der Waals surface area (Å²) in [5, 5.41) is 0. The van der Waals surface area contributed by atoms with Crippen molar-refractivity contribution in [3.63, 3.8) is 0 Å². The van der Waals surface area contributed by atoms with Crippen molar-refractivity contribution in [2.75, 3.05) is 31.0 Å². The van der Waals surface area contributed by atoms with E-state index >= 15 is 0 Å². The number of rotatable bonds is 8. The van der Waals surface area contributed by atoms with E-state index in [9.17, 15) is 0 Å². The molecule has 6 nitrogen and oxygen atoms in total. The predicted octanol–water partition coefficient (Wildman–Crippen LogP) is 1.57. The zero-order valence-corrected chi connectivity index (χ0v) is 11.9. The first kappa shape index (κ1) is 14.1. The van der Waals surface area contributed by atoms with Crippen LogP contribution < -0.4 is 5.73 Å². The SMILES string of the molecule is COCCCSCCCn1cnc2c(N)ncnc21. The van der Waals surface area contributed by atoms with Gasteiger partial charge in [0.05, 0.1) is 6.33 Å². The molecule has 0 aliphatic carbocycles. The Labute approximate surface area is 116 Å². The minimum Gasteiger partial charge on any atom is -0.385 e. The Hall–Kier alpha value is -1.34. The molecule has 7 heteroatoms. The van der Waals surface area contributed by atoms with Gasteiger partial charge in [-0.05, 0) is 24.3 Å². The molecule has 0 bridgehead atoms. The molecular weight excluding hydrogens is 262 g/mol. The third-order valence-corrected chi connectivity index (χ3v) is 3.91. The van der Waals surface area contributed by atoms with Crippen LogP contribution in [0.2, 0.25) is 0 Å². The number of nitrogen functional groups attached to an aromatic ring is 1. The average Bonchev–Trinajstić information content (AvgIpc) is 2.83. The highest BCUT2D eigenvalue weighted by molar-refractivity contribution is 7.99. The van der Waals surface area contributed by atoms with E-state index in [1.54, 1.807) is 13.4 Å². The Morgan fingerprint density at radius 2 is 2.11 bits per heavy atom. The summed E-state index contributed by atoms with van der Waals surface area (Å²) in [5.41, 5.74) is 7.26. The van der Waals surface area contributed by atoms with Gasteiger partial charge in [0.1, 0.15) is 11.8 Å². The third-order valence-electron chi connectivity index (χ3n) is 2.75. The number of fused-ring (bicyclic) bond motifs is 1. The second-order valence-electron chi connectivity index (χ2n) is 4.18. The second-order valence-corrected chi connectivity index (χ2v) is 5.41. The molecule has 0 saturated carbocycles. The molecule has 0 aliphatic heterocycles. The van der Waals surface area contributed by atoms with Gasteiger partial charge in [-0.25, -0.2) is 15.0 Å². The summed E-state index contributed by atoms with van der Waals surface area (Å²) in [4.78, 5) is 12.4. The number of hydrogen-bond donors (Lipinski definition) is 1. The molecule has 0 aliphatic rings. The molecule has 2 aromatic heterocycles. The molecule has 0 unspecified atom stereocenters. The lowest BCUT2D eigenvalue weighted by molar-refractivity contribution is 0.200. The van der Waals surface area contributed by atoms with Crippen LogP contribution in [0, 0.1) is 0 Å². The first-order valence-electron chi connectivity index (χ1n) is 6.31. The number of anilines is 1. The maximum Gasteiger partial charge on any atom is 0.165 e. The summed E-state index contributed by atoms with van der Waals surface area (Å²) >= 11 is 1.95. The van der Waals surface area contributed by atoms with Crippen molar-refractivity contribution in [1.82, 2.24) is 19.5 Å². The first-order chi connectivity index (χ1) is 9.33. The quantitative estimate of drug-likeness (QED) is 0.740. The molecule has 2 aromatic rings. The smallest absolute Gasteiger partial charge is 0.165 e. The lowest BCUT2D eigenvalue weighted by Gasteiger charge is -2.04. The van der Waals surface area contributed by atoms with Crippen molar-refractivity contribution in [2.45, 2.75) is 19.4 Å². The highest BCUT2D eigenvalue weighted by Crippen LogP contribution is 2.15. The number of aromatic nitrogens is 4. The topological polar surface area (TPSA) is 78.9 Å². The fourth-order valence-electron chi connectivity index (χ4n) is 1.81. The van der Waals surface area contributed by atoms with Crippen LogP contribution in [-0.4, -0.2) is 44.7 Å². The molecule has 0 radical (unpaired) electrons. The van der Waals surface area contributed by atoms with Gasteiger partial charge in [0.15, 0.2) is 11.5 Å². The Kier molecular flexibility index (Phi) is 5.41. The van der Waals surface area contributed by atoms with Gasteiger partial charge in [-0.15, -0.1) is 0 Å². The molecule has 0 saturated heterocycles. The molecule has 0 spiro atoms. The maximum absolute atomic E-state index is 5.75. The largest absolute Gasteiger partial charge is 0.385 e. The summed E-state index contributed by atoms with van der Waals surface area (Å²) in [7, 11) is 1.74.